The maximum absolute atomic E-state index is 12.5. The van der Waals surface area contributed by atoms with Crippen LogP contribution < -0.4 is 0 Å². The third-order valence-electron chi connectivity index (χ3n) is 3.30. The zero-order chi connectivity index (χ0) is 14.7. The van der Waals surface area contributed by atoms with Crippen LogP contribution in [0.3, 0.4) is 0 Å². The molecular weight excluding hydrogens is 252 g/mol. The summed E-state index contributed by atoms with van der Waals surface area (Å²) >= 11 is 0. The van der Waals surface area contributed by atoms with Gasteiger partial charge in [0.25, 0.3) is 5.91 Å². The quantitative estimate of drug-likeness (QED) is 0.929. The van der Waals surface area contributed by atoms with Crippen LogP contribution in [0.1, 0.15) is 29.4 Å². The zero-order valence-corrected chi connectivity index (χ0v) is 12.1. The minimum atomic E-state index is -0.402. The molecule has 0 unspecified atom stereocenters. The lowest BCUT2D eigenvalue weighted by molar-refractivity contribution is 0.0770. The highest BCUT2D eigenvalue weighted by molar-refractivity contribution is 6.06. The van der Waals surface area contributed by atoms with Crippen molar-refractivity contribution in [2.45, 2.75) is 26.4 Å². The fourth-order valence-electron chi connectivity index (χ4n) is 2.17. The first kappa shape index (κ1) is 14.5. The number of aryl methyl sites for hydroxylation is 1. The van der Waals surface area contributed by atoms with Crippen molar-refractivity contribution in [3.63, 3.8) is 0 Å². The van der Waals surface area contributed by atoms with E-state index >= 15 is 0 Å². The highest BCUT2D eigenvalue weighted by Gasteiger charge is 2.16. The van der Waals surface area contributed by atoms with E-state index in [1.54, 1.807) is 18.9 Å². The summed E-state index contributed by atoms with van der Waals surface area (Å²) in [6, 6.07) is 9.47. The molecule has 0 saturated carbocycles. The summed E-state index contributed by atoms with van der Waals surface area (Å²) in [5.74, 6) is -0.0349. The van der Waals surface area contributed by atoms with Gasteiger partial charge in [0.15, 0.2) is 0 Å². The Hall–Kier alpha value is -1.94. The molecule has 1 amide bonds. The number of benzene rings is 1. The van der Waals surface area contributed by atoms with Crippen LogP contribution in [0.25, 0.3) is 10.9 Å². The monoisotopic (exact) mass is 272 g/mol. The molecule has 0 fully saturated rings. The van der Waals surface area contributed by atoms with Gasteiger partial charge in [-0.1, -0.05) is 18.2 Å². The molecule has 1 N–H and O–H groups in total. The molecular formula is C16H20N2O2. The molecule has 0 aliphatic heterocycles. The Balaban J connectivity index is 2.34. The molecule has 0 radical (unpaired) electrons. The van der Waals surface area contributed by atoms with Gasteiger partial charge in [-0.2, -0.15) is 0 Å². The Labute approximate surface area is 119 Å². The molecule has 1 aromatic heterocycles. The molecule has 2 aromatic rings. The largest absolute Gasteiger partial charge is 0.393 e. The van der Waals surface area contributed by atoms with Crippen LogP contribution in [0.4, 0.5) is 0 Å². The lowest BCUT2D eigenvalue weighted by atomic mass is 10.1. The van der Waals surface area contributed by atoms with Gasteiger partial charge in [-0.15, -0.1) is 0 Å². The summed E-state index contributed by atoms with van der Waals surface area (Å²) < 4.78 is 0. The van der Waals surface area contributed by atoms with Gasteiger partial charge in [0.1, 0.15) is 0 Å². The number of carbonyl (C=O) groups is 1. The van der Waals surface area contributed by atoms with E-state index in [9.17, 15) is 9.90 Å². The van der Waals surface area contributed by atoms with Crippen molar-refractivity contribution in [2.24, 2.45) is 0 Å². The lowest BCUT2D eigenvalue weighted by Crippen LogP contribution is -2.29. The second-order valence-corrected chi connectivity index (χ2v) is 5.19. The fourth-order valence-corrected chi connectivity index (χ4v) is 2.17. The van der Waals surface area contributed by atoms with Crippen LogP contribution in [0.2, 0.25) is 0 Å². The number of fused-ring (bicyclic) bond motifs is 1. The number of aliphatic hydroxyl groups excluding tert-OH is 1. The van der Waals surface area contributed by atoms with Crippen molar-refractivity contribution in [3.05, 3.63) is 41.6 Å². The lowest BCUT2D eigenvalue weighted by Gasteiger charge is -2.19. The van der Waals surface area contributed by atoms with Gasteiger partial charge in [0, 0.05) is 24.7 Å². The molecule has 0 spiro atoms. The minimum Gasteiger partial charge on any atom is -0.393 e. The maximum Gasteiger partial charge on any atom is 0.254 e. The van der Waals surface area contributed by atoms with Crippen LogP contribution in [0, 0.1) is 6.92 Å². The third kappa shape index (κ3) is 3.14. The highest BCUT2D eigenvalue weighted by atomic mass is 16.3. The summed E-state index contributed by atoms with van der Waals surface area (Å²) in [6.07, 6.45) is 0.172. The van der Waals surface area contributed by atoms with Crippen molar-refractivity contribution in [2.75, 3.05) is 13.6 Å². The Morgan fingerprint density at radius 2 is 2.10 bits per heavy atom. The van der Waals surface area contributed by atoms with Crippen molar-refractivity contribution in [1.29, 1.82) is 0 Å². The van der Waals surface area contributed by atoms with E-state index in [0.29, 0.717) is 18.5 Å². The van der Waals surface area contributed by atoms with Crippen LogP contribution in [-0.4, -0.2) is 40.6 Å². The number of nitrogens with zero attached hydrogens (tertiary/aromatic N) is 2. The predicted octanol–water partition coefficient (Wildman–Crippen LogP) is 2.39. The van der Waals surface area contributed by atoms with Gasteiger partial charge < -0.3 is 10.0 Å². The molecule has 2 rings (SSSR count). The molecule has 1 aromatic carbocycles. The average Bonchev–Trinajstić information content (AvgIpc) is 2.42. The second kappa shape index (κ2) is 6.01. The van der Waals surface area contributed by atoms with Crippen molar-refractivity contribution >= 4 is 16.8 Å². The van der Waals surface area contributed by atoms with Crippen molar-refractivity contribution in [3.8, 4) is 0 Å². The van der Waals surface area contributed by atoms with Gasteiger partial charge in [-0.05, 0) is 32.4 Å². The number of hydrogen-bond acceptors (Lipinski definition) is 3. The topological polar surface area (TPSA) is 53.4 Å². The second-order valence-electron chi connectivity index (χ2n) is 5.19. The van der Waals surface area contributed by atoms with E-state index in [0.717, 1.165) is 16.6 Å². The van der Waals surface area contributed by atoms with Gasteiger partial charge in [-0.25, -0.2) is 0 Å². The molecule has 4 heteroatoms. The van der Waals surface area contributed by atoms with E-state index in [1.807, 2.05) is 37.3 Å². The smallest absolute Gasteiger partial charge is 0.254 e. The zero-order valence-electron chi connectivity index (χ0n) is 12.1. The maximum atomic E-state index is 12.5. The van der Waals surface area contributed by atoms with E-state index < -0.39 is 6.10 Å². The number of aromatic nitrogens is 1. The van der Waals surface area contributed by atoms with Crippen LogP contribution in [-0.2, 0) is 0 Å². The number of carbonyl (C=O) groups excluding carboxylic acids is 1. The summed E-state index contributed by atoms with van der Waals surface area (Å²) in [7, 11) is 1.76. The van der Waals surface area contributed by atoms with E-state index in [1.165, 1.54) is 0 Å². The Morgan fingerprint density at radius 3 is 2.80 bits per heavy atom. The number of pyridine rings is 1. The van der Waals surface area contributed by atoms with Gasteiger partial charge in [-0.3, -0.25) is 9.78 Å². The SMILES string of the molecule is Cc1cc(C(=O)N(C)CC[C@@H](C)O)c2ccccc2n1. The molecule has 1 atom stereocenters. The Kier molecular flexibility index (Phi) is 4.35. The first-order valence-corrected chi connectivity index (χ1v) is 6.79. The van der Waals surface area contributed by atoms with Crippen LogP contribution in [0.5, 0.6) is 0 Å². The van der Waals surface area contributed by atoms with Crippen molar-refractivity contribution < 1.29 is 9.90 Å². The Morgan fingerprint density at radius 1 is 1.40 bits per heavy atom. The number of aliphatic hydroxyl groups is 1. The minimum absolute atomic E-state index is 0.0349. The highest BCUT2D eigenvalue weighted by Crippen LogP contribution is 2.19. The molecule has 4 nitrogen and oxygen atoms in total. The number of para-hydroxylation sites is 1. The number of rotatable bonds is 4. The Bertz CT molecular complexity index is 623. The molecule has 0 saturated heterocycles. The normalized spacial score (nSPS) is 12.4. The standard InChI is InChI=1S/C16H20N2O2/c1-11-10-14(13-6-4-5-7-15(13)17-11)16(20)18(3)9-8-12(2)19/h4-7,10,12,19H,8-9H2,1-3H3/t12-/m1/s1. The third-order valence-corrected chi connectivity index (χ3v) is 3.30. The molecule has 0 bridgehead atoms. The predicted molar refractivity (Wildman–Crippen MR) is 79.7 cm³/mol. The van der Waals surface area contributed by atoms with E-state index in [4.69, 9.17) is 0 Å². The number of amides is 1. The van der Waals surface area contributed by atoms with E-state index in [-0.39, 0.29) is 5.91 Å². The van der Waals surface area contributed by atoms with E-state index in [2.05, 4.69) is 4.98 Å². The summed E-state index contributed by atoms with van der Waals surface area (Å²) in [4.78, 5) is 18.6. The summed E-state index contributed by atoms with van der Waals surface area (Å²) in [6.45, 7) is 4.15. The van der Waals surface area contributed by atoms with Gasteiger partial charge in [0.2, 0.25) is 0 Å². The average molecular weight is 272 g/mol. The molecule has 1 heterocycles. The van der Waals surface area contributed by atoms with Crippen LogP contribution >= 0.6 is 0 Å². The summed E-state index contributed by atoms with van der Waals surface area (Å²) in [5, 5.41) is 10.2. The van der Waals surface area contributed by atoms with Gasteiger partial charge in [0.05, 0.1) is 17.2 Å². The first-order chi connectivity index (χ1) is 9.49. The number of hydrogen-bond donors (Lipinski definition) is 1. The molecule has 106 valence electrons. The fraction of sp³-hybridized carbons (Fsp3) is 0.375. The molecule has 0 aliphatic rings. The first-order valence-electron chi connectivity index (χ1n) is 6.79. The molecule has 20 heavy (non-hydrogen) atoms. The molecule has 0 aliphatic carbocycles. The van der Waals surface area contributed by atoms with Gasteiger partial charge >= 0.3 is 0 Å². The van der Waals surface area contributed by atoms with Crippen molar-refractivity contribution in [1.82, 2.24) is 9.88 Å². The van der Waals surface area contributed by atoms with Crippen LogP contribution in [0.15, 0.2) is 30.3 Å². The summed E-state index contributed by atoms with van der Waals surface area (Å²) in [5.41, 5.74) is 2.33.